The Morgan fingerprint density at radius 1 is 1.12 bits per heavy atom. The van der Waals surface area contributed by atoms with E-state index in [1.807, 2.05) is 6.92 Å². The number of hydrogen-bond acceptors (Lipinski definition) is 3. The van der Waals surface area contributed by atoms with Crippen LogP contribution in [-0.4, -0.2) is 14.2 Å². The molecule has 1 aromatic rings. The topological polar surface area (TPSA) is 44.5 Å². The van der Waals surface area contributed by atoms with Gasteiger partial charge >= 0.3 is 0 Å². The number of hydrogen-bond donors (Lipinski definition) is 1. The molecule has 0 spiro atoms. The maximum atomic E-state index is 6.41. The molecule has 0 atom stereocenters. The summed E-state index contributed by atoms with van der Waals surface area (Å²) in [5.41, 5.74) is 9.60. The van der Waals surface area contributed by atoms with Crippen molar-refractivity contribution in [1.29, 1.82) is 0 Å². The van der Waals surface area contributed by atoms with Crippen LogP contribution >= 0.6 is 0 Å². The molecule has 3 nitrogen and oxygen atoms in total. The van der Waals surface area contributed by atoms with Crippen molar-refractivity contribution in [3.8, 4) is 11.5 Å². The van der Waals surface area contributed by atoms with Crippen LogP contribution < -0.4 is 15.2 Å². The summed E-state index contributed by atoms with van der Waals surface area (Å²) in [5.74, 6) is 1.62. The summed E-state index contributed by atoms with van der Waals surface area (Å²) in [5, 5.41) is 0. The first-order valence-electron chi connectivity index (χ1n) is 6.05. The van der Waals surface area contributed by atoms with E-state index in [0.717, 1.165) is 35.5 Å². The first kappa shape index (κ1) is 12.2. The minimum absolute atomic E-state index is 0.225. The molecular weight excluding hydrogens is 214 g/mol. The summed E-state index contributed by atoms with van der Waals surface area (Å²) in [4.78, 5) is 0. The fourth-order valence-corrected chi connectivity index (χ4v) is 2.51. The molecule has 0 aliphatic heterocycles. The Balaban J connectivity index is 2.62. The van der Waals surface area contributed by atoms with Gasteiger partial charge in [-0.2, -0.15) is 0 Å². The molecule has 2 N–H and O–H groups in total. The van der Waals surface area contributed by atoms with Gasteiger partial charge < -0.3 is 15.2 Å². The molecule has 1 saturated carbocycles. The van der Waals surface area contributed by atoms with Gasteiger partial charge in [0.1, 0.15) is 0 Å². The van der Waals surface area contributed by atoms with E-state index in [1.165, 1.54) is 12.0 Å². The summed E-state index contributed by atoms with van der Waals surface area (Å²) in [6.07, 6.45) is 3.24. The van der Waals surface area contributed by atoms with E-state index >= 15 is 0 Å². The molecule has 0 bridgehead atoms. The van der Waals surface area contributed by atoms with Gasteiger partial charge in [-0.05, 0) is 50.3 Å². The lowest BCUT2D eigenvalue weighted by molar-refractivity contribution is 0.240. The van der Waals surface area contributed by atoms with Crippen LogP contribution in [0.1, 0.15) is 36.0 Å². The van der Waals surface area contributed by atoms with Gasteiger partial charge in [0.15, 0.2) is 11.5 Å². The monoisotopic (exact) mass is 235 g/mol. The van der Waals surface area contributed by atoms with Crippen molar-refractivity contribution in [2.75, 3.05) is 14.2 Å². The van der Waals surface area contributed by atoms with Crippen molar-refractivity contribution in [1.82, 2.24) is 0 Å². The Morgan fingerprint density at radius 2 is 1.71 bits per heavy atom. The maximum absolute atomic E-state index is 6.41. The molecule has 0 amide bonds. The van der Waals surface area contributed by atoms with Crippen molar-refractivity contribution in [3.63, 3.8) is 0 Å². The van der Waals surface area contributed by atoms with Crippen molar-refractivity contribution in [3.05, 3.63) is 22.8 Å². The van der Waals surface area contributed by atoms with E-state index < -0.39 is 0 Å². The summed E-state index contributed by atoms with van der Waals surface area (Å²) in [6.45, 7) is 4.13. The van der Waals surface area contributed by atoms with Gasteiger partial charge in [-0.15, -0.1) is 0 Å². The van der Waals surface area contributed by atoms with Crippen molar-refractivity contribution < 1.29 is 9.47 Å². The molecule has 0 aromatic heterocycles. The lowest BCUT2D eigenvalue weighted by atomic mass is 9.71. The molecular formula is C14H21NO2. The van der Waals surface area contributed by atoms with Crippen molar-refractivity contribution >= 4 is 0 Å². The van der Waals surface area contributed by atoms with Gasteiger partial charge in [0.2, 0.25) is 0 Å². The molecule has 17 heavy (non-hydrogen) atoms. The predicted molar refractivity (Wildman–Crippen MR) is 68.7 cm³/mol. The highest BCUT2D eigenvalue weighted by atomic mass is 16.5. The molecule has 1 aliphatic carbocycles. The second kappa shape index (κ2) is 4.22. The second-order valence-electron chi connectivity index (χ2n) is 4.94. The van der Waals surface area contributed by atoms with E-state index in [1.54, 1.807) is 14.2 Å². The normalized spacial score (nSPS) is 17.5. The van der Waals surface area contributed by atoms with Gasteiger partial charge in [0.25, 0.3) is 0 Å². The van der Waals surface area contributed by atoms with Crippen LogP contribution in [0.5, 0.6) is 11.5 Å². The van der Waals surface area contributed by atoms with Crippen LogP contribution in [0, 0.1) is 13.8 Å². The zero-order valence-corrected chi connectivity index (χ0v) is 11.1. The van der Waals surface area contributed by atoms with E-state index in [0.29, 0.717) is 0 Å². The lowest BCUT2D eigenvalue weighted by Gasteiger charge is -2.40. The fourth-order valence-electron chi connectivity index (χ4n) is 2.51. The first-order chi connectivity index (χ1) is 8.03. The van der Waals surface area contributed by atoms with Crippen molar-refractivity contribution in [2.45, 2.75) is 38.6 Å². The zero-order valence-electron chi connectivity index (χ0n) is 11.1. The van der Waals surface area contributed by atoms with Crippen molar-refractivity contribution in [2.24, 2.45) is 5.73 Å². The maximum Gasteiger partial charge on any atom is 0.166 e. The summed E-state index contributed by atoms with van der Waals surface area (Å²) >= 11 is 0. The average Bonchev–Trinajstić information content (AvgIpc) is 2.28. The van der Waals surface area contributed by atoms with Crippen LogP contribution in [0.25, 0.3) is 0 Å². The molecule has 1 fully saturated rings. The smallest absolute Gasteiger partial charge is 0.166 e. The summed E-state index contributed by atoms with van der Waals surface area (Å²) in [7, 11) is 3.36. The number of aryl methyl sites for hydroxylation is 1. The molecule has 3 heteroatoms. The quantitative estimate of drug-likeness (QED) is 0.876. The fraction of sp³-hybridized carbons (Fsp3) is 0.571. The number of benzene rings is 1. The van der Waals surface area contributed by atoms with Gasteiger partial charge in [0.05, 0.1) is 14.2 Å². The minimum Gasteiger partial charge on any atom is -0.493 e. The lowest BCUT2D eigenvalue weighted by Crippen LogP contribution is -2.43. The third-order valence-electron chi connectivity index (χ3n) is 3.93. The SMILES string of the molecule is COc1c(C2(N)CCC2)cc(C)c(C)c1OC. The molecule has 0 saturated heterocycles. The second-order valence-corrected chi connectivity index (χ2v) is 4.94. The molecule has 0 heterocycles. The zero-order chi connectivity index (χ0) is 12.6. The molecule has 2 rings (SSSR count). The molecule has 0 unspecified atom stereocenters. The van der Waals surface area contributed by atoms with Gasteiger partial charge in [-0.25, -0.2) is 0 Å². The number of nitrogens with two attached hydrogens (primary N) is 1. The summed E-state index contributed by atoms with van der Waals surface area (Å²) < 4.78 is 11.0. The number of methoxy groups -OCH3 is 2. The van der Waals surface area contributed by atoms with Gasteiger partial charge in [0, 0.05) is 11.1 Å². The van der Waals surface area contributed by atoms with Gasteiger partial charge in [-0.1, -0.05) is 0 Å². The van der Waals surface area contributed by atoms with Gasteiger partial charge in [-0.3, -0.25) is 0 Å². The third kappa shape index (κ3) is 1.78. The van der Waals surface area contributed by atoms with Crippen LogP contribution in [0.4, 0.5) is 0 Å². The molecule has 1 aliphatic rings. The van der Waals surface area contributed by atoms with E-state index in [2.05, 4.69) is 13.0 Å². The molecule has 0 radical (unpaired) electrons. The molecule has 94 valence electrons. The Kier molecular flexibility index (Phi) is 3.04. The number of rotatable bonds is 3. The minimum atomic E-state index is -0.225. The Hall–Kier alpha value is -1.22. The Morgan fingerprint density at radius 3 is 2.12 bits per heavy atom. The standard InChI is InChI=1S/C14H21NO2/c1-9-8-11(14(15)6-5-7-14)13(17-4)12(16-3)10(9)2/h8H,5-7,15H2,1-4H3. The van der Waals surface area contributed by atoms with E-state index in [9.17, 15) is 0 Å². The molecule has 1 aromatic carbocycles. The largest absolute Gasteiger partial charge is 0.493 e. The Labute approximate surface area is 103 Å². The van der Waals surface area contributed by atoms with E-state index in [-0.39, 0.29) is 5.54 Å². The number of ether oxygens (including phenoxy) is 2. The summed E-state index contributed by atoms with van der Waals surface area (Å²) in [6, 6.07) is 2.15. The highest BCUT2D eigenvalue weighted by Crippen LogP contribution is 2.47. The highest BCUT2D eigenvalue weighted by Gasteiger charge is 2.38. The first-order valence-corrected chi connectivity index (χ1v) is 6.05. The van der Waals surface area contributed by atoms with Crippen LogP contribution in [0.15, 0.2) is 6.07 Å². The van der Waals surface area contributed by atoms with Crippen LogP contribution in [-0.2, 0) is 5.54 Å². The van der Waals surface area contributed by atoms with Crippen LogP contribution in [0.2, 0.25) is 0 Å². The van der Waals surface area contributed by atoms with E-state index in [4.69, 9.17) is 15.2 Å². The predicted octanol–water partition coefficient (Wildman–Crippen LogP) is 2.66. The average molecular weight is 235 g/mol. The highest BCUT2D eigenvalue weighted by molar-refractivity contribution is 5.57. The third-order valence-corrected chi connectivity index (χ3v) is 3.93. The van der Waals surface area contributed by atoms with Crippen LogP contribution in [0.3, 0.4) is 0 Å². The Bertz CT molecular complexity index is 436.